The molecule has 0 aliphatic rings. The van der Waals surface area contributed by atoms with E-state index in [1.54, 1.807) is 0 Å². The average Bonchev–Trinajstić information content (AvgIpc) is 2.77. The van der Waals surface area contributed by atoms with Gasteiger partial charge in [0.2, 0.25) is 0 Å². The van der Waals surface area contributed by atoms with E-state index in [9.17, 15) is 0 Å². The van der Waals surface area contributed by atoms with E-state index < -0.39 is 0 Å². The SMILES string of the molecule is CCC(N)Cc1noc(-c2cccc(I)c2)n1. The molecular weight excluding hydrogens is 329 g/mol. The Bertz CT molecular complexity index is 498. The van der Waals surface area contributed by atoms with E-state index in [0.29, 0.717) is 18.1 Å². The normalized spacial score (nSPS) is 12.6. The van der Waals surface area contributed by atoms with Crippen LogP contribution < -0.4 is 5.73 Å². The van der Waals surface area contributed by atoms with Gasteiger partial charge in [-0.3, -0.25) is 0 Å². The summed E-state index contributed by atoms with van der Waals surface area (Å²) in [4.78, 5) is 4.35. The molecule has 1 heterocycles. The predicted octanol–water partition coefficient (Wildman–Crippen LogP) is 2.62. The van der Waals surface area contributed by atoms with Crippen LogP contribution in [0.3, 0.4) is 0 Å². The molecule has 0 aliphatic heterocycles. The lowest BCUT2D eigenvalue weighted by molar-refractivity contribution is 0.419. The number of aromatic nitrogens is 2. The van der Waals surface area contributed by atoms with Crippen molar-refractivity contribution in [3.63, 3.8) is 0 Å². The Morgan fingerprint density at radius 1 is 1.47 bits per heavy atom. The molecule has 2 N–H and O–H groups in total. The topological polar surface area (TPSA) is 64.9 Å². The van der Waals surface area contributed by atoms with Crippen molar-refractivity contribution < 1.29 is 4.52 Å². The molecule has 0 amide bonds. The van der Waals surface area contributed by atoms with Crippen molar-refractivity contribution in [3.8, 4) is 11.5 Å². The van der Waals surface area contributed by atoms with E-state index in [-0.39, 0.29) is 6.04 Å². The highest BCUT2D eigenvalue weighted by Crippen LogP contribution is 2.19. The monoisotopic (exact) mass is 343 g/mol. The summed E-state index contributed by atoms with van der Waals surface area (Å²) in [5.74, 6) is 1.23. The molecule has 2 rings (SSSR count). The van der Waals surface area contributed by atoms with E-state index in [4.69, 9.17) is 10.3 Å². The van der Waals surface area contributed by atoms with Gasteiger partial charge in [0.05, 0.1) is 0 Å². The van der Waals surface area contributed by atoms with Crippen molar-refractivity contribution in [3.05, 3.63) is 33.7 Å². The second kappa shape index (κ2) is 5.59. The standard InChI is InChI=1S/C12H14IN3O/c1-2-10(14)7-11-15-12(17-16-11)8-4-3-5-9(13)6-8/h3-6,10H,2,7,14H2,1H3. The lowest BCUT2D eigenvalue weighted by Gasteiger charge is -2.02. The van der Waals surface area contributed by atoms with Crippen LogP contribution in [0.15, 0.2) is 28.8 Å². The molecule has 0 radical (unpaired) electrons. The second-order valence-corrected chi connectivity index (χ2v) is 5.14. The Balaban J connectivity index is 2.18. The molecule has 17 heavy (non-hydrogen) atoms. The van der Waals surface area contributed by atoms with Crippen molar-refractivity contribution in [1.82, 2.24) is 10.1 Å². The van der Waals surface area contributed by atoms with Crippen molar-refractivity contribution in [2.75, 3.05) is 0 Å². The smallest absolute Gasteiger partial charge is 0.257 e. The van der Waals surface area contributed by atoms with Crippen LogP contribution in [0.4, 0.5) is 0 Å². The van der Waals surface area contributed by atoms with E-state index in [1.165, 1.54) is 0 Å². The average molecular weight is 343 g/mol. The molecule has 1 unspecified atom stereocenters. The summed E-state index contributed by atoms with van der Waals surface area (Å²) in [6, 6.07) is 8.06. The molecule has 90 valence electrons. The van der Waals surface area contributed by atoms with Gasteiger partial charge in [0.1, 0.15) is 0 Å². The van der Waals surface area contributed by atoms with Gasteiger partial charge in [0, 0.05) is 21.6 Å². The van der Waals surface area contributed by atoms with Crippen LogP contribution in [0.2, 0.25) is 0 Å². The Hall–Kier alpha value is -0.950. The number of rotatable bonds is 4. The maximum absolute atomic E-state index is 5.85. The molecule has 1 aromatic carbocycles. The third-order valence-corrected chi connectivity index (χ3v) is 3.18. The summed E-state index contributed by atoms with van der Waals surface area (Å²) in [5, 5.41) is 3.94. The van der Waals surface area contributed by atoms with Gasteiger partial charge < -0.3 is 10.3 Å². The van der Waals surface area contributed by atoms with Gasteiger partial charge in [0.15, 0.2) is 5.82 Å². The molecular formula is C12H14IN3O. The fourth-order valence-electron chi connectivity index (χ4n) is 1.45. The quantitative estimate of drug-likeness (QED) is 0.867. The summed E-state index contributed by atoms with van der Waals surface area (Å²) in [7, 11) is 0. The number of benzene rings is 1. The maximum Gasteiger partial charge on any atom is 0.257 e. The Labute approximate surface area is 114 Å². The Morgan fingerprint density at radius 2 is 2.29 bits per heavy atom. The highest BCUT2D eigenvalue weighted by molar-refractivity contribution is 14.1. The van der Waals surface area contributed by atoms with Crippen molar-refractivity contribution in [2.24, 2.45) is 5.73 Å². The molecule has 0 fully saturated rings. The highest BCUT2D eigenvalue weighted by atomic mass is 127. The minimum Gasteiger partial charge on any atom is -0.334 e. The van der Waals surface area contributed by atoms with Crippen LogP contribution in [0.1, 0.15) is 19.2 Å². The molecule has 4 nitrogen and oxygen atoms in total. The fraction of sp³-hybridized carbons (Fsp3) is 0.333. The third-order valence-electron chi connectivity index (χ3n) is 2.51. The number of hydrogen-bond acceptors (Lipinski definition) is 4. The van der Waals surface area contributed by atoms with Crippen LogP contribution in [0.5, 0.6) is 0 Å². The minimum atomic E-state index is 0.0939. The molecule has 0 bridgehead atoms. The second-order valence-electron chi connectivity index (χ2n) is 3.90. The van der Waals surface area contributed by atoms with Crippen LogP contribution >= 0.6 is 22.6 Å². The zero-order valence-electron chi connectivity index (χ0n) is 9.56. The van der Waals surface area contributed by atoms with Gasteiger partial charge in [-0.05, 0) is 47.2 Å². The first-order valence-electron chi connectivity index (χ1n) is 5.53. The predicted molar refractivity (Wildman–Crippen MR) is 74.4 cm³/mol. The summed E-state index contributed by atoms with van der Waals surface area (Å²) < 4.78 is 6.37. The van der Waals surface area contributed by atoms with Crippen molar-refractivity contribution in [1.29, 1.82) is 0 Å². The largest absolute Gasteiger partial charge is 0.334 e. The first-order chi connectivity index (χ1) is 8.19. The van der Waals surface area contributed by atoms with Gasteiger partial charge in [-0.1, -0.05) is 18.1 Å². The van der Waals surface area contributed by atoms with Gasteiger partial charge in [-0.25, -0.2) is 0 Å². The molecule has 0 saturated carbocycles. The summed E-state index contributed by atoms with van der Waals surface area (Å²) in [6.07, 6.45) is 1.57. The Kier molecular flexibility index (Phi) is 4.11. The van der Waals surface area contributed by atoms with E-state index in [2.05, 4.69) is 32.7 Å². The first-order valence-corrected chi connectivity index (χ1v) is 6.61. The molecule has 2 aromatic rings. The molecule has 5 heteroatoms. The highest BCUT2D eigenvalue weighted by Gasteiger charge is 2.11. The fourth-order valence-corrected chi connectivity index (χ4v) is 2.00. The zero-order valence-corrected chi connectivity index (χ0v) is 11.7. The number of nitrogens with two attached hydrogens (primary N) is 1. The van der Waals surface area contributed by atoms with E-state index in [1.807, 2.05) is 31.2 Å². The number of halogens is 1. The van der Waals surface area contributed by atoms with Crippen molar-refractivity contribution >= 4 is 22.6 Å². The lowest BCUT2D eigenvalue weighted by Crippen LogP contribution is -2.21. The summed E-state index contributed by atoms with van der Waals surface area (Å²) >= 11 is 2.26. The first kappa shape index (κ1) is 12.5. The van der Waals surface area contributed by atoms with E-state index in [0.717, 1.165) is 15.6 Å². The lowest BCUT2D eigenvalue weighted by atomic mass is 10.1. The maximum atomic E-state index is 5.85. The van der Waals surface area contributed by atoms with Crippen LogP contribution in [0.25, 0.3) is 11.5 Å². The molecule has 0 aliphatic carbocycles. The van der Waals surface area contributed by atoms with Crippen LogP contribution in [0, 0.1) is 3.57 Å². The molecule has 0 spiro atoms. The van der Waals surface area contributed by atoms with Gasteiger partial charge in [-0.2, -0.15) is 4.98 Å². The summed E-state index contributed by atoms with van der Waals surface area (Å²) in [6.45, 7) is 2.05. The summed E-state index contributed by atoms with van der Waals surface area (Å²) in [5.41, 5.74) is 6.80. The van der Waals surface area contributed by atoms with Gasteiger partial charge in [0.25, 0.3) is 5.89 Å². The van der Waals surface area contributed by atoms with Gasteiger partial charge in [-0.15, -0.1) is 0 Å². The third kappa shape index (κ3) is 3.26. The minimum absolute atomic E-state index is 0.0939. The molecule has 1 aromatic heterocycles. The molecule has 0 saturated heterocycles. The van der Waals surface area contributed by atoms with Crippen LogP contribution in [-0.4, -0.2) is 16.2 Å². The number of nitrogens with zero attached hydrogens (tertiary/aromatic N) is 2. The van der Waals surface area contributed by atoms with Gasteiger partial charge >= 0.3 is 0 Å². The van der Waals surface area contributed by atoms with E-state index >= 15 is 0 Å². The van der Waals surface area contributed by atoms with Crippen LogP contribution in [-0.2, 0) is 6.42 Å². The molecule has 1 atom stereocenters. The van der Waals surface area contributed by atoms with Crippen molar-refractivity contribution in [2.45, 2.75) is 25.8 Å². The Morgan fingerprint density at radius 3 is 3.00 bits per heavy atom. The zero-order chi connectivity index (χ0) is 12.3. The number of hydrogen-bond donors (Lipinski definition) is 1.